The van der Waals surface area contributed by atoms with Crippen LogP contribution >= 0.6 is 0 Å². The van der Waals surface area contributed by atoms with Crippen LogP contribution in [-0.4, -0.2) is 19.9 Å². The number of hydrogen-bond acceptors (Lipinski definition) is 3. The Morgan fingerprint density at radius 1 is 1.00 bits per heavy atom. The van der Waals surface area contributed by atoms with Crippen LogP contribution in [0, 0.1) is 0 Å². The Bertz CT molecular complexity index is 702. The minimum absolute atomic E-state index is 0.0610. The smallest absolute Gasteiger partial charge is 0.231 e. The molecule has 0 N–H and O–H groups in total. The number of rotatable bonds is 2. The molecule has 0 saturated carbocycles. The number of carbonyl (C=O) groups excluding carboxylic acids is 1. The van der Waals surface area contributed by atoms with E-state index in [0.717, 1.165) is 11.3 Å². The molecule has 1 aliphatic heterocycles. The zero-order valence-corrected chi connectivity index (χ0v) is 11.5. The number of benzene rings is 2. The van der Waals surface area contributed by atoms with E-state index in [4.69, 9.17) is 4.74 Å². The van der Waals surface area contributed by atoms with Crippen LogP contribution in [-0.2, 0) is 0 Å². The van der Waals surface area contributed by atoms with E-state index in [0.29, 0.717) is 17.1 Å². The van der Waals surface area contributed by atoms with E-state index in [1.165, 1.54) is 0 Å². The third-order valence-electron chi connectivity index (χ3n) is 3.28. The van der Waals surface area contributed by atoms with Crippen molar-refractivity contribution in [1.82, 2.24) is 0 Å². The molecule has 2 aromatic carbocycles. The van der Waals surface area contributed by atoms with E-state index in [9.17, 15) is 4.79 Å². The molecule has 3 nitrogen and oxygen atoms in total. The second-order valence-electron chi connectivity index (χ2n) is 4.89. The molecule has 0 spiro atoms. The quantitative estimate of drug-likeness (QED) is 0.780. The van der Waals surface area contributed by atoms with Crippen molar-refractivity contribution in [3.8, 4) is 5.75 Å². The van der Waals surface area contributed by atoms with Crippen molar-refractivity contribution < 1.29 is 9.53 Å². The molecule has 1 heterocycles. The highest BCUT2D eigenvalue weighted by Gasteiger charge is 2.26. The van der Waals surface area contributed by atoms with Crippen molar-refractivity contribution in [3.63, 3.8) is 0 Å². The maximum absolute atomic E-state index is 12.3. The van der Waals surface area contributed by atoms with Gasteiger partial charge in [0, 0.05) is 25.3 Å². The molecule has 0 unspecified atom stereocenters. The lowest BCUT2D eigenvalue weighted by atomic mass is 10.1. The van der Waals surface area contributed by atoms with Gasteiger partial charge in [0.2, 0.25) is 5.78 Å². The molecule has 0 amide bonds. The molecule has 20 heavy (non-hydrogen) atoms. The normalized spacial score (nSPS) is 15.1. The number of allylic oxidation sites excluding steroid dienone is 1. The number of Topliss-reactive ketones (excluding diaryl/α,β-unsaturated/α-hetero) is 1. The number of ether oxygens (including phenoxy) is 1. The van der Waals surface area contributed by atoms with Gasteiger partial charge in [-0.2, -0.15) is 0 Å². The highest BCUT2D eigenvalue weighted by atomic mass is 16.5. The Hall–Kier alpha value is -2.55. The van der Waals surface area contributed by atoms with E-state index in [1.54, 1.807) is 12.1 Å². The third kappa shape index (κ3) is 2.07. The van der Waals surface area contributed by atoms with Crippen LogP contribution in [0.1, 0.15) is 15.9 Å². The summed E-state index contributed by atoms with van der Waals surface area (Å²) in [5.41, 5.74) is 2.64. The lowest BCUT2D eigenvalue weighted by Crippen LogP contribution is -2.10. The molecule has 3 heteroatoms. The summed E-state index contributed by atoms with van der Waals surface area (Å²) in [6.07, 6.45) is 1.80. The monoisotopic (exact) mass is 265 g/mol. The lowest BCUT2D eigenvalue weighted by Gasteiger charge is -2.15. The van der Waals surface area contributed by atoms with Crippen LogP contribution in [0.4, 0.5) is 5.69 Å². The summed E-state index contributed by atoms with van der Waals surface area (Å²) in [4.78, 5) is 14.3. The third-order valence-corrected chi connectivity index (χ3v) is 3.28. The topological polar surface area (TPSA) is 29.5 Å². The van der Waals surface area contributed by atoms with Gasteiger partial charge in [-0.3, -0.25) is 4.79 Å². The van der Waals surface area contributed by atoms with Crippen molar-refractivity contribution in [3.05, 3.63) is 65.4 Å². The number of nitrogens with zero attached hydrogens (tertiary/aromatic N) is 1. The van der Waals surface area contributed by atoms with Gasteiger partial charge in [-0.05, 0) is 24.3 Å². The molecule has 0 aromatic heterocycles. The average Bonchev–Trinajstić information content (AvgIpc) is 2.76. The first-order valence-corrected chi connectivity index (χ1v) is 6.46. The van der Waals surface area contributed by atoms with Crippen LogP contribution in [0.5, 0.6) is 5.75 Å². The molecule has 100 valence electrons. The molecule has 1 aliphatic rings. The molecule has 0 aliphatic carbocycles. The maximum Gasteiger partial charge on any atom is 0.231 e. The molecule has 0 atom stereocenters. The van der Waals surface area contributed by atoms with Crippen LogP contribution < -0.4 is 9.64 Å². The molecular weight excluding hydrogens is 250 g/mol. The van der Waals surface area contributed by atoms with Crippen molar-refractivity contribution in [2.45, 2.75) is 0 Å². The first-order chi connectivity index (χ1) is 9.66. The minimum atomic E-state index is -0.0610. The van der Waals surface area contributed by atoms with Crippen molar-refractivity contribution >= 4 is 17.5 Å². The van der Waals surface area contributed by atoms with Gasteiger partial charge in [-0.1, -0.05) is 30.3 Å². The highest BCUT2D eigenvalue weighted by molar-refractivity contribution is 6.14. The van der Waals surface area contributed by atoms with E-state index >= 15 is 0 Å². The summed E-state index contributed by atoms with van der Waals surface area (Å²) < 4.78 is 5.65. The SMILES string of the molecule is CN(C)c1ccccc1/C=C1/Oc2ccccc2C1=O. The fraction of sp³-hybridized carbons (Fsp3) is 0.118. The first kappa shape index (κ1) is 12.5. The highest BCUT2D eigenvalue weighted by Crippen LogP contribution is 2.32. The van der Waals surface area contributed by atoms with E-state index in [-0.39, 0.29) is 5.78 Å². The summed E-state index contributed by atoms with van der Waals surface area (Å²) in [6, 6.07) is 15.2. The summed E-state index contributed by atoms with van der Waals surface area (Å²) in [7, 11) is 3.95. The Labute approximate surface area is 118 Å². The van der Waals surface area contributed by atoms with Crippen LogP contribution in [0.3, 0.4) is 0 Å². The largest absolute Gasteiger partial charge is 0.452 e. The van der Waals surface area contributed by atoms with E-state index in [2.05, 4.69) is 0 Å². The summed E-state index contributed by atoms with van der Waals surface area (Å²) in [5.74, 6) is 0.945. The Morgan fingerprint density at radius 2 is 1.70 bits per heavy atom. The number of ketones is 1. The Morgan fingerprint density at radius 3 is 2.45 bits per heavy atom. The van der Waals surface area contributed by atoms with Gasteiger partial charge < -0.3 is 9.64 Å². The van der Waals surface area contributed by atoms with Gasteiger partial charge in [-0.25, -0.2) is 0 Å². The zero-order valence-electron chi connectivity index (χ0n) is 11.5. The van der Waals surface area contributed by atoms with E-state index < -0.39 is 0 Å². The molecule has 0 fully saturated rings. The van der Waals surface area contributed by atoms with Gasteiger partial charge in [0.25, 0.3) is 0 Å². The van der Waals surface area contributed by atoms with E-state index in [1.807, 2.05) is 61.5 Å². The fourth-order valence-corrected chi connectivity index (χ4v) is 2.29. The van der Waals surface area contributed by atoms with Gasteiger partial charge >= 0.3 is 0 Å². The lowest BCUT2D eigenvalue weighted by molar-refractivity contribution is 0.101. The van der Waals surface area contributed by atoms with Gasteiger partial charge in [0.15, 0.2) is 5.76 Å². The summed E-state index contributed by atoms with van der Waals surface area (Å²) in [5, 5.41) is 0. The molecule has 0 bridgehead atoms. The number of hydrogen-bond donors (Lipinski definition) is 0. The van der Waals surface area contributed by atoms with Gasteiger partial charge in [0.1, 0.15) is 5.75 Å². The summed E-state index contributed by atoms with van der Waals surface area (Å²) in [6.45, 7) is 0. The number of carbonyl (C=O) groups is 1. The van der Waals surface area contributed by atoms with Crippen molar-refractivity contribution in [2.75, 3.05) is 19.0 Å². The minimum Gasteiger partial charge on any atom is -0.452 e. The Balaban J connectivity index is 2.02. The number of para-hydroxylation sites is 2. The molecule has 0 radical (unpaired) electrons. The molecule has 0 saturated heterocycles. The second kappa shape index (κ2) is 4.85. The molecule has 2 aromatic rings. The zero-order chi connectivity index (χ0) is 14.1. The number of fused-ring (bicyclic) bond motifs is 1. The van der Waals surface area contributed by atoms with Crippen LogP contribution in [0.25, 0.3) is 6.08 Å². The predicted molar refractivity (Wildman–Crippen MR) is 80.1 cm³/mol. The van der Waals surface area contributed by atoms with Crippen LogP contribution in [0.15, 0.2) is 54.3 Å². The number of anilines is 1. The summed E-state index contributed by atoms with van der Waals surface area (Å²) >= 11 is 0. The fourth-order valence-electron chi connectivity index (χ4n) is 2.29. The Kier molecular flexibility index (Phi) is 3.03. The van der Waals surface area contributed by atoms with Gasteiger partial charge in [0.05, 0.1) is 5.56 Å². The molecular formula is C17H15NO2. The van der Waals surface area contributed by atoms with Crippen LogP contribution in [0.2, 0.25) is 0 Å². The second-order valence-corrected chi connectivity index (χ2v) is 4.89. The van der Waals surface area contributed by atoms with Gasteiger partial charge in [-0.15, -0.1) is 0 Å². The predicted octanol–water partition coefficient (Wildman–Crippen LogP) is 3.37. The standard InChI is InChI=1S/C17H15NO2/c1-18(2)14-9-5-3-7-12(14)11-16-17(19)13-8-4-6-10-15(13)20-16/h3-11H,1-2H3/b16-11+. The maximum atomic E-state index is 12.3. The molecule has 3 rings (SSSR count). The average molecular weight is 265 g/mol. The first-order valence-electron chi connectivity index (χ1n) is 6.46. The van der Waals surface area contributed by atoms with Crippen molar-refractivity contribution in [1.29, 1.82) is 0 Å². The van der Waals surface area contributed by atoms with Crippen molar-refractivity contribution in [2.24, 2.45) is 0 Å².